The molecule has 54 heavy (non-hydrogen) atoms. The molecule has 1 aliphatic carbocycles. The first-order valence-electron chi connectivity index (χ1n) is 18.5. The molecule has 0 amide bonds. The van der Waals surface area contributed by atoms with Gasteiger partial charge in [0.15, 0.2) is 5.82 Å². The van der Waals surface area contributed by atoms with Gasteiger partial charge in [-0.3, -0.25) is 0 Å². The van der Waals surface area contributed by atoms with E-state index in [4.69, 9.17) is 9.97 Å². The van der Waals surface area contributed by atoms with Crippen LogP contribution in [0.2, 0.25) is 0 Å². The summed E-state index contributed by atoms with van der Waals surface area (Å²) in [4.78, 5) is 13.1. The third kappa shape index (κ3) is 4.70. The molecular formula is C50H33N3S. The lowest BCUT2D eigenvalue weighted by molar-refractivity contribution is 0.722. The van der Waals surface area contributed by atoms with E-state index in [1.54, 1.807) is 0 Å². The molecule has 0 radical (unpaired) electrons. The van der Waals surface area contributed by atoms with Crippen LogP contribution in [-0.2, 0) is 5.41 Å². The molecule has 254 valence electrons. The van der Waals surface area contributed by atoms with Crippen LogP contribution in [0.15, 0.2) is 186 Å². The average molecular weight is 708 g/mol. The minimum Gasteiger partial charge on any atom is -0.381 e. The van der Waals surface area contributed by atoms with Gasteiger partial charge in [0.05, 0.1) is 16.8 Å². The van der Waals surface area contributed by atoms with E-state index in [0.717, 1.165) is 34.6 Å². The number of rotatable bonds is 4. The topological polar surface area (TPSA) is 37.8 Å². The van der Waals surface area contributed by atoms with E-state index in [2.05, 4.69) is 175 Å². The minimum absolute atomic E-state index is 0.544. The number of anilines is 1. The van der Waals surface area contributed by atoms with E-state index < -0.39 is 5.41 Å². The van der Waals surface area contributed by atoms with Crippen LogP contribution in [0, 0.1) is 0 Å². The van der Waals surface area contributed by atoms with Crippen molar-refractivity contribution in [3.63, 3.8) is 0 Å². The fourth-order valence-corrected chi connectivity index (χ4v) is 9.98. The van der Waals surface area contributed by atoms with Crippen LogP contribution < -0.4 is 5.32 Å². The molecule has 0 fully saturated rings. The Morgan fingerprint density at radius 2 is 1.04 bits per heavy atom. The zero-order chi connectivity index (χ0) is 35.6. The van der Waals surface area contributed by atoms with Crippen LogP contribution in [-0.4, -0.2) is 16.5 Å². The molecule has 1 spiro atoms. The van der Waals surface area contributed by atoms with Crippen molar-refractivity contribution in [2.75, 3.05) is 11.9 Å². The Bertz CT molecular complexity index is 2700. The highest BCUT2D eigenvalue weighted by molar-refractivity contribution is 7.99. The summed E-state index contributed by atoms with van der Waals surface area (Å²) < 4.78 is 0. The van der Waals surface area contributed by atoms with Gasteiger partial charge in [0.1, 0.15) is 0 Å². The zero-order valence-corrected chi connectivity index (χ0v) is 30.1. The lowest BCUT2D eigenvalue weighted by atomic mass is 9.67. The van der Waals surface area contributed by atoms with Crippen molar-refractivity contribution in [3.8, 4) is 56.2 Å². The van der Waals surface area contributed by atoms with E-state index in [0.29, 0.717) is 5.82 Å². The third-order valence-electron chi connectivity index (χ3n) is 11.2. The summed E-state index contributed by atoms with van der Waals surface area (Å²) in [6.07, 6.45) is 4.47. The van der Waals surface area contributed by atoms with E-state index in [-0.39, 0.29) is 0 Å². The molecule has 3 aliphatic rings. The van der Waals surface area contributed by atoms with E-state index in [1.807, 2.05) is 23.9 Å². The quantitative estimate of drug-likeness (QED) is 0.198. The van der Waals surface area contributed by atoms with Crippen LogP contribution in [0.25, 0.3) is 62.2 Å². The molecule has 11 rings (SSSR count). The van der Waals surface area contributed by atoms with Crippen molar-refractivity contribution in [2.45, 2.75) is 15.2 Å². The molecule has 0 saturated heterocycles. The third-order valence-corrected chi connectivity index (χ3v) is 12.3. The average Bonchev–Trinajstić information content (AvgIpc) is 3.53. The van der Waals surface area contributed by atoms with Gasteiger partial charge in [0.25, 0.3) is 0 Å². The fraction of sp³-hybridized carbons (Fsp3) is 0.0400. The van der Waals surface area contributed by atoms with Gasteiger partial charge in [-0.05, 0) is 80.9 Å². The second-order valence-corrected chi connectivity index (χ2v) is 15.2. The fourth-order valence-electron chi connectivity index (χ4n) is 8.79. The summed E-state index contributed by atoms with van der Waals surface area (Å²) in [6.45, 7) is 0.845. The lowest BCUT2D eigenvalue weighted by Gasteiger charge is -2.40. The van der Waals surface area contributed by atoms with E-state index in [9.17, 15) is 0 Å². The van der Waals surface area contributed by atoms with E-state index in [1.165, 1.54) is 65.5 Å². The van der Waals surface area contributed by atoms with Gasteiger partial charge < -0.3 is 5.32 Å². The molecule has 7 aromatic carbocycles. The van der Waals surface area contributed by atoms with Gasteiger partial charge >= 0.3 is 0 Å². The number of hydrogen-bond donors (Lipinski definition) is 1. The second kappa shape index (κ2) is 12.3. The van der Waals surface area contributed by atoms with Gasteiger partial charge in [0, 0.05) is 44.3 Å². The predicted octanol–water partition coefficient (Wildman–Crippen LogP) is 12.4. The van der Waals surface area contributed by atoms with Crippen molar-refractivity contribution in [1.82, 2.24) is 9.97 Å². The monoisotopic (exact) mass is 707 g/mol. The molecule has 0 unspecified atom stereocenters. The van der Waals surface area contributed by atoms with Crippen LogP contribution in [0.1, 0.15) is 27.8 Å². The first-order valence-corrected chi connectivity index (χ1v) is 19.3. The SMILES string of the molecule is C1=Cc2c(cccc2-c2ccc3c(c2)C2(c4ccccc4Sc4ccccc42)c2cc(-c4nc(-c5ccccc5)cc(-c5ccccc5)n4)ccc2-3)NC1. The van der Waals surface area contributed by atoms with Gasteiger partial charge in [-0.2, -0.15) is 0 Å². The van der Waals surface area contributed by atoms with Gasteiger partial charge in [-0.25, -0.2) is 9.97 Å². The molecule has 1 N–H and O–H groups in total. The van der Waals surface area contributed by atoms with Crippen molar-refractivity contribution in [1.29, 1.82) is 0 Å². The molecule has 3 heterocycles. The van der Waals surface area contributed by atoms with Gasteiger partial charge in [-0.15, -0.1) is 0 Å². The van der Waals surface area contributed by atoms with Gasteiger partial charge in [0.2, 0.25) is 0 Å². The maximum absolute atomic E-state index is 5.26. The zero-order valence-electron chi connectivity index (χ0n) is 29.3. The smallest absolute Gasteiger partial charge is 0.160 e. The Kier molecular flexibility index (Phi) is 7.08. The summed E-state index contributed by atoms with van der Waals surface area (Å²) >= 11 is 1.87. The highest BCUT2D eigenvalue weighted by Gasteiger charge is 2.50. The molecule has 0 saturated carbocycles. The summed E-state index contributed by atoms with van der Waals surface area (Å²) in [7, 11) is 0. The molecule has 2 aliphatic heterocycles. The van der Waals surface area contributed by atoms with Crippen molar-refractivity contribution >= 4 is 23.5 Å². The van der Waals surface area contributed by atoms with Crippen molar-refractivity contribution in [2.24, 2.45) is 0 Å². The first kappa shape index (κ1) is 31.1. The largest absolute Gasteiger partial charge is 0.381 e. The number of fused-ring (bicyclic) bond motifs is 10. The number of hydrogen-bond acceptors (Lipinski definition) is 4. The molecule has 1 aromatic heterocycles. The highest BCUT2D eigenvalue weighted by atomic mass is 32.2. The van der Waals surface area contributed by atoms with Gasteiger partial charge in [-0.1, -0.05) is 157 Å². The molecule has 0 atom stereocenters. The van der Waals surface area contributed by atoms with Crippen LogP contribution in [0.3, 0.4) is 0 Å². The lowest BCUT2D eigenvalue weighted by Crippen LogP contribution is -2.32. The Balaban J connectivity index is 1.19. The second-order valence-electron chi connectivity index (χ2n) is 14.1. The Labute approximate surface area is 319 Å². The normalized spacial score (nSPS) is 14.0. The highest BCUT2D eigenvalue weighted by Crippen LogP contribution is 2.63. The van der Waals surface area contributed by atoms with Crippen molar-refractivity contribution in [3.05, 3.63) is 204 Å². The number of nitrogens with zero attached hydrogens (tertiary/aromatic N) is 2. The number of nitrogens with one attached hydrogen (secondary N) is 1. The molecule has 4 heteroatoms. The number of benzene rings is 7. The molecular weight excluding hydrogens is 675 g/mol. The standard InChI is InChI=1S/C50H33N3S/c1-3-13-32(14-4-1)45-31-46(33-15-5-2-6-16-33)53-49(52-45)35-25-27-38-37-26-24-34(36-17-11-21-44-39(36)18-12-28-51-44)29-42(37)50(43(38)30-35)40-19-7-9-22-47(40)54-48-23-10-8-20-41(48)50/h1-27,29-31,51H,28H2. The summed E-state index contributed by atoms with van der Waals surface area (Å²) in [5.41, 5.74) is 17.0. The Morgan fingerprint density at radius 1 is 0.463 bits per heavy atom. The van der Waals surface area contributed by atoms with Crippen LogP contribution in [0.5, 0.6) is 0 Å². The Hall–Kier alpha value is -6.49. The number of aromatic nitrogens is 2. The van der Waals surface area contributed by atoms with E-state index >= 15 is 0 Å². The molecule has 8 aromatic rings. The minimum atomic E-state index is -0.544. The first-order chi connectivity index (χ1) is 26.8. The summed E-state index contributed by atoms with van der Waals surface area (Å²) in [6, 6.07) is 61.6. The maximum atomic E-state index is 5.26. The predicted molar refractivity (Wildman–Crippen MR) is 223 cm³/mol. The van der Waals surface area contributed by atoms with Crippen molar-refractivity contribution < 1.29 is 0 Å². The molecule has 3 nitrogen and oxygen atoms in total. The molecule has 0 bridgehead atoms. The van der Waals surface area contributed by atoms with Crippen LogP contribution in [0.4, 0.5) is 5.69 Å². The summed E-state index contributed by atoms with van der Waals surface area (Å²) in [5.74, 6) is 0.715. The summed E-state index contributed by atoms with van der Waals surface area (Å²) in [5, 5.41) is 3.57. The van der Waals surface area contributed by atoms with Crippen LogP contribution >= 0.6 is 11.8 Å². The maximum Gasteiger partial charge on any atom is 0.160 e. The Morgan fingerprint density at radius 3 is 1.69 bits per heavy atom.